The van der Waals surface area contributed by atoms with E-state index in [1.807, 2.05) is 37.3 Å². The standard InChI is InChI=1S/C31H30F2N4O4/c1-2-40-25-14-10-23(11-15-25)35-31(39)37(24-12-16-27(17-13-24)41-26-7-4-3-5-8-26)20-6-19-34-30(38)36-29-18-9-22(32)21-28(29)33/h3-5,7-18,21H,2,6,19-20H2,1H3,(H,35,39)(H2,34,36,38). The quantitative estimate of drug-likeness (QED) is 0.167. The molecule has 0 aromatic heterocycles. The number of para-hydroxylation sites is 1. The zero-order chi connectivity index (χ0) is 29.0. The molecule has 4 aromatic rings. The number of halogens is 2. The molecule has 0 bridgehead atoms. The summed E-state index contributed by atoms with van der Waals surface area (Å²) in [6.07, 6.45) is 0.387. The normalized spacial score (nSPS) is 10.4. The van der Waals surface area contributed by atoms with Gasteiger partial charge in [-0.05, 0) is 86.1 Å². The lowest BCUT2D eigenvalue weighted by atomic mass is 10.2. The molecule has 0 fully saturated rings. The van der Waals surface area contributed by atoms with Crippen LogP contribution in [0.15, 0.2) is 97.1 Å². The maximum Gasteiger partial charge on any atom is 0.326 e. The van der Waals surface area contributed by atoms with Crippen LogP contribution >= 0.6 is 0 Å². The molecule has 41 heavy (non-hydrogen) atoms. The molecule has 4 aromatic carbocycles. The third kappa shape index (κ3) is 8.69. The van der Waals surface area contributed by atoms with Crippen molar-refractivity contribution in [3.05, 3.63) is 109 Å². The molecule has 8 nitrogen and oxygen atoms in total. The number of benzene rings is 4. The van der Waals surface area contributed by atoms with E-state index < -0.39 is 17.7 Å². The molecule has 0 heterocycles. The van der Waals surface area contributed by atoms with Gasteiger partial charge in [0.05, 0.1) is 12.3 Å². The van der Waals surface area contributed by atoms with Crippen molar-refractivity contribution >= 4 is 29.1 Å². The van der Waals surface area contributed by atoms with Gasteiger partial charge in [-0.2, -0.15) is 0 Å². The number of carbonyl (C=O) groups excluding carboxylic acids is 2. The predicted molar refractivity (Wildman–Crippen MR) is 155 cm³/mol. The van der Waals surface area contributed by atoms with Crippen LogP contribution < -0.4 is 30.3 Å². The van der Waals surface area contributed by atoms with E-state index in [0.29, 0.717) is 47.7 Å². The summed E-state index contributed by atoms with van der Waals surface area (Å²) in [4.78, 5) is 27.1. The molecule has 10 heteroatoms. The highest BCUT2D eigenvalue weighted by molar-refractivity contribution is 6.01. The second-order valence-corrected chi connectivity index (χ2v) is 8.81. The maximum atomic E-state index is 13.8. The maximum absolute atomic E-state index is 13.8. The molecule has 3 N–H and O–H groups in total. The van der Waals surface area contributed by atoms with Crippen LogP contribution in [0.4, 0.5) is 35.4 Å². The van der Waals surface area contributed by atoms with Crippen LogP contribution in [0.2, 0.25) is 0 Å². The van der Waals surface area contributed by atoms with Gasteiger partial charge in [0.25, 0.3) is 0 Å². The van der Waals surface area contributed by atoms with E-state index in [-0.39, 0.29) is 24.8 Å². The van der Waals surface area contributed by atoms with Crippen LogP contribution in [0.3, 0.4) is 0 Å². The fraction of sp³-hybridized carbons (Fsp3) is 0.161. The Bertz CT molecular complexity index is 1440. The molecule has 4 amide bonds. The van der Waals surface area contributed by atoms with Crippen LogP contribution in [-0.4, -0.2) is 31.8 Å². The lowest BCUT2D eigenvalue weighted by Gasteiger charge is -2.24. The molecular weight excluding hydrogens is 530 g/mol. The highest BCUT2D eigenvalue weighted by Gasteiger charge is 2.17. The summed E-state index contributed by atoms with van der Waals surface area (Å²) in [5.41, 5.74) is 1.07. The monoisotopic (exact) mass is 560 g/mol. The molecule has 0 spiro atoms. The molecule has 0 aliphatic rings. The molecule has 0 saturated heterocycles. The number of nitrogens with zero attached hydrogens (tertiary/aromatic N) is 1. The second-order valence-electron chi connectivity index (χ2n) is 8.81. The largest absolute Gasteiger partial charge is 0.494 e. The summed E-state index contributed by atoms with van der Waals surface area (Å²) in [6.45, 7) is 2.88. The molecule has 0 radical (unpaired) electrons. The van der Waals surface area contributed by atoms with Crippen molar-refractivity contribution in [2.24, 2.45) is 0 Å². The fourth-order valence-electron chi connectivity index (χ4n) is 3.86. The molecule has 0 atom stereocenters. The highest BCUT2D eigenvalue weighted by Crippen LogP contribution is 2.25. The van der Waals surface area contributed by atoms with E-state index in [0.717, 1.165) is 12.1 Å². The number of rotatable bonds is 11. The Morgan fingerprint density at radius 3 is 2.17 bits per heavy atom. The fourth-order valence-corrected chi connectivity index (χ4v) is 3.86. The number of anilines is 3. The van der Waals surface area contributed by atoms with Crippen LogP contribution in [-0.2, 0) is 0 Å². The van der Waals surface area contributed by atoms with Crippen molar-refractivity contribution in [1.29, 1.82) is 0 Å². The Hall–Kier alpha value is -5.12. The average Bonchev–Trinajstić information content (AvgIpc) is 2.97. The van der Waals surface area contributed by atoms with Gasteiger partial charge in [0.2, 0.25) is 0 Å². The first-order valence-corrected chi connectivity index (χ1v) is 13.1. The van der Waals surface area contributed by atoms with Crippen LogP contribution in [0.25, 0.3) is 0 Å². The summed E-state index contributed by atoms with van der Waals surface area (Å²) in [6, 6.07) is 25.3. The first-order valence-electron chi connectivity index (χ1n) is 13.1. The van der Waals surface area contributed by atoms with Gasteiger partial charge in [0.1, 0.15) is 28.9 Å². The Morgan fingerprint density at radius 1 is 0.805 bits per heavy atom. The van der Waals surface area contributed by atoms with Crippen LogP contribution in [0, 0.1) is 11.6 Å². The topological polar surface area (TPSA) is 91.9 Å². The first-order chi connectivity index (χ1) is 19.9. The Morgan fingerprint density at radius 2 is 1.49 bits per heavy atom. The van der Waals surface area contributed by atoms with E-state index in [4.69, 9.17) is 9.47 Å². The van der Waals surface area contributed by atoms with E-state index in [1.165, 1.54) is 0 Å². The first kappa shape index (κ1) is 28.9. The third-order valence-corrected chi connectivity index (χ3v) is 5.81. The van der Waals surface area contributed by atoms with Gasteiger partial charge in [-0.25, -0.2) is 18.4 Å². The predicted octanol–water partition coefficient (Wildman–Crippen LogP) is 7.41. The zero-order valence-electron chi connectivity index (χ0n) is 22.4. The lowest BCUT2D eigenvalue weighted by molar-refractivity contribution is 0.252. The van der Waals surface area contributed by atoms with Crippen molar-refractivity contribution in [2.45, 2.75) is 13.3 Å². The number of amides is 4. The van der Waals surface area contributed by atoms with Gasteiger partial charge < -0.3 is 25.4 Å². The van der Waals surface area contributed by atoms with Crippen molar-refractivity contribution in [2.75, 3.05) is 35.2 Å². The number of nitrogens with one attached hydrogen (secondary N) is 3. The average molecular weight is 561 g/mol. The van der Waals surface area contributed by atoms with Gasteiger partial charge >= 0.3 is 12.1 Å². The summed E-state index contributed by atoms with van der Waals surface area (Å²) >= 11 is 0. The van der Waals surface area contributed by atoms with Gasteiger partial charge in [0.15, 0.2) is 0 Å². The molecule has 0 unspecified atom stereocenters. The molecule has 0 aliphatic heterocycles. The Balaban J connectivity index is 1.39. The van der Waals surface area contributed by atoms with Crippen LogP contribution in [0.1, 0.15) is 13.3 Å². The smallest absolute Gasteiger partial charge is 0.326 e. The number of hydrogen-bond donors (Lipinski definition) is 3. The minimum Gasteiger partial charge on any atom is -0.494 e. The van der Waals surface area contributed by atoms with Crippen molar-refractivity contribution in [1.82, 2.24) is 5.32 Å². The van der Waals surface area contributed by atoms with E-state index in [9.17, 15) is 18.4 Å². The zero-order valence-corrected chi connectivity index (χ0v) is 22.4. The molecule has 212 valence electrons. The van der Waals surface area contributed by atoms with E-state index in [1.54, 1.807) is 53.4 Å². The summed E-state index contributed by atoms with van der Waals surface area (Å²) < 4.78 is 38.2. The highest BCUT2D eigenvalue weighted by atomic mass is 19.1. The summed E-state index contributed by atoms with van der Waals surface area (Å²) in [7, 11) is 0. The second kappa shape index (κ2) is 14.3. The molecule has 4 rings (SSSR count). The number of hydrogen-bond acceptors (Lipinski definition) is 4. The Kier molecular flexibility index (Phi) is 10.1. The number of carbonyl (C=O) groups is 2. The minimum atomic E-state index is -0.878. The van der Waals surface area contributed by atoms with Gasteiger partial charge in [-0.3, -0.25) is 4.90 Å². The van der Waals surface area contributed by atoms with Gasteiger partial charge in [-0.1, -0.05) is 18.2 Å². The summed E-state index contributed by atoms with van der Waals surface area (Å²) in [5, 5.41) is 7.85. The van der Waals surface area contributed by atoms with Crippen molar-refractivity contribution in [3.8, 4) is 17.2 Å². The Labute approximate surface area is 236 Å². The molecular formula is C31H30F2N4O4. The summed E-state index contributed by atoms with van der Waals surface area (Å²) in [5.74, 6) is 0.378. The SMILES string of the molecule is CCOc1ccc(NC(=O)N(CCCNC(=O)Nc2ccc(F)cc2F)c2ccc(Oc3ccccc3)cc2)cc1. The molecule has 0 saturated carbocycles. The van der Waals surface area contributed by atoms with E-state index in [2.05, 4.69) is 16.0 Å². The minimum absolute atomic E-state index is 0.141. The van der Waals surface area contributed by atoms with Crippen molar-refractivity contribution < 1.29 is 27.8 Å². The van der Waals surface area contributed by atoms with Crippen LogP contribution in [0.5, 0.6) is 17.2 Å². The number of urea groups is 2. The van der Waals surface area contributed by atoms with Crippen molar-refractivity contribution in [3.63, 3.8) is 0 Å². The van der Waals surface area contributed by atoms with Gasteiger partial charge in [-0.15, -0.1) is 0 Å². The van der Waals surface area contributed by atoms with E-state index >= 15 is 0 Å². The molecule has 0 aliphatic carbocycles. The van der Waals surface area contributed by atoms with Gasteiger partial charge in [0, 0.05) is 30.5 Å². The third-order valence-electron chi connectivity index (χ3n) is 5.81. The lowest BCUT2D eigenvalue weighted by Crippen LogP contribution is -2.38. The number of ether oxygens (including phenoxy) is 2.